The second-order valence-electron chi connectivity index (χ2n) is 5.27. The summed E-state index contributed by atoms with van der Waals surface area (Å²) in [6.45, 7) is 0. The third kappa shape index (κ3) is 1.80. The molecular weight excluding hydrogens is 230 g/mol. The van der Waals surface area contributed by atoms with Crippen LogP contribution in [0.1, 0.15) is 31.2 Å². The maximum absolute atomic E-state index is 10.5. The Hall–Kier alpha value is -1.75. The summed E-state index contributed by atoms with van der Waals surface area (Å²) in [6, 6.07) is 3.61. The Morgan fingerprint density at radius 3 is 2.72 bits per heavy atom. The molecule has 2 unspecified atom stereocenters. The number of hydrogen-bond donors (Lipinski definition) is 1. The lowest BCUT2D eigenvalue weighted by Gasteiger charge is -2.21. The number of hydrogen-bond acceptors (Lipinski definition) is 4. The standard InChI is InChI=1S/C13H15N3O2/c14-11-7-13(11)5-3-9(4-6-13)10-1-2-12(15-8-10)16(17)18/h1-3,8,11H,4-7,14H2. The molecule has 2 N–H and O–H groups in total. The zero-order valence-corrected chi connectivity index (χ0v) is 10.0. The van der Waals surface area contributed by atoms with Gasteiger partial charge in [0.1, 0.15) is 6.20 Å². The van der Waals surface area contributed by atoms with Crippen LogP contribution in [-0.2, 0) is 0 Å². The van der Waals surface area contributed by atoms with E-state index in [1.54, 1.807) is 12.3 Å². The molecule has 2 aliphatic carbocycles. The van der Waals surface area contributed by atoms with E-state index in [9.17, 15) is 10.1 Å². The summed E-state index contributed by atoms with van der Waals surface area (Å²) >= 11 is 0. The third-order valence-electron chi connectivity index (χ3n) is 4.21. The van der Waals surface area contributed by atoms with Crippen molar-refractivity contribution >= 4 is 11.4 Å². The van der Waals surface area contributed by atoms with Gasteiger partial charge in [0.15, 0.2) is 0 Å². The van der Waals surface area contributed by atoms with Crippen molar-refractivity contribution in [2.45, 2.75) is 31.7 Å². The Labute approximate surface area is 105 Å². The van der Waals surface area contributed by atoms with Crippen molar-refractivity contribution in [3.8, 4) is 0 Å². The molecule has 5 heteroatoms. The van der Waals surface area contributed by atoms with Gasteiger partial charge in [0.25, 0.3) is 0 Å². The molecule has 94 valence electrons. The lowest BCUT2D eigenvalue weighted by Crippen LogP contribution is -2.16. The van der Waals surface area contributed by atoms with Crippen LogP contribution in [0.3, 0.4) is 0 Å². The van der Waals surface area contributed by atoms with Gasteiger partial charge >= 0.3 is 5.82 Å². The molecule has 5 nitrogen and oxygen atoms in total. The smallest absolute Gasteiger partial charge is 0.358 e. The molecule has 3 rings (SSSR count). The van der Waals surface area contributed by atoms with E-state index < -0.39 is 4.92 Å². The molecule has 1 fully saturated rings. The van der Waals surface area contributed by atoms with Gasteiger partial charge in [-0.1, -0.05) is 6.08 Å². The van der Waals surface area contributed by atoms with Crippen LogP contribution in [0.15, 0.2) is 24.4 Å². The van der Waals surface area contributed by atoms with Crippen LogP contribution in [0.4, 0.5) is 5.82 Å². The van der Waals surface area contributed by atoms with Gasteiger partial charge in [-0.25, -0.2) is 0 Å². The zero-order chi connectivity index (χ0) is 12.8. The van der Waals surface area contributed by atoms with Crippen LogP contribution in [0.5, 0.6) is 0 Å². The average Bonchev–Trinajstić information content (AvgIpc) is 3.00. The number of rotatable bonds is 2. The van der Waals surface area contributed by atoms with Crippen LogP contribution in [-0.4, -0.2) is 15.9 Å². The van der Waals surface area contributed by atoms with Gasteiger partial charge < -0.3 is 15.8 Å². The van der Waals surface area contributed by atoms with Crippen molar-refractivity contribution in [3.05, 3.63) is 40.1 Å². The molecule has 1 aromatic rings. The number of allylic oxidation sites excluding steroid dienone is 2. The van der Waals surface area contributed by atoms with Crippen LogP contribution < -0.4 is 5.73 Å². The normalized spacial score (nSPS) is 30.1. The van der Waals surface area contributed by atoms with Crippen LogP contribution in [0.2, 0.25) is 0 Å². The fourth-order valence-electron chi connectivity index (χ4n) is 2.76. The molecule has 0 aromatic carbocycles. The van der Waals surface area contributed by atoms with E-state index in [1.165, 1.54) is 11.6 Å². The quantitative estimate of drug-likeness (QED) is 0.640. The highest BCUT2D eigenvalue weighted by atomic mass is 16.6. The van der Waals surface area contributed by atoms with E-state index in [1.807, 2.05) is 0 Å². The number of pyridine rings is 1. The Balaban J connectivity index is 1.78. The van der Waals surface area contributed by atoms with Crippen molar-refractivity contribution in [3.63, 3.8) is 0 Å². The zero-order valence-electron chi connectivity index (χ0n) is 10.0. The maximum Gasteiger partial charge on any atom is 0.363 e. The van der Waals surface area contributed by atoms with Crippen molar-refractivity contribution in [2.24, 2.45) is 11.1 Å². The molecule has 1 saturated carbocycles. The summed E-state index contributed by atoms with van der Waals surface area (Å²) in [4.78, 5) is 13.9. The second kappa shape index (κ2) is 3.88. The third-order valence-corrected chi connectivity index (χ3v) is 4.21. The molecule has 0 radical (unpaired) electrons. The predicted octanol–water partition coefficient (Wildman–Crippen LogP) is 2.27. The minimum atomic E-state index is -0.475. The Kier molecular flexibility index (Phi) is 2.45. The first kappa shape index (κ1) is 11.3. The highest BCUT2D eigenvalue weighted by Crippen LogP contribution is 2.55. The van der Waals surface area contributed by atoms with E-state index >= 15 is 0 Å². The maximum atomic E-state index is 10.5. The van der Waals surface area contributed by atoms with Gasteiger partial charge in [-0.15, -0.1) is 0 Å². The van der Waals surface area contributed by atoms with Crippen LogP contribution >= 0.6 is 0 Å². The lowest BCUT2D eigenvalue weighted by molar-refractivity contribution is -0.389. The first-order valence-electron chi connectivity index (χ1n) is 6.16. The number of nitro groups is 1. The number of nitrogens with two attached hydrogens (primary N) is 1. The summed E-state index contributed by atoms with van der Waals surface area (Å²) in [7, 11) is 0. The highest BCUT2D eigenvalue weighted by molar-refractivity contribution is 5.66. The van der Waals surface area contributed by atoms with E-state index in [-0.39, 0.29) is 5.82 Å². The van der Waals surface area contributed by atoms with Gasteiger partial charge in [-0.3, -0.25) is 0 Å². The van der Waals surface area contributed by atoms with Gasteiger partial charge in [-0.2, -0.15) is 0 Å². The van der Waals surface area contributed by atoms with Crippen molar-refractivity contribution in [1.29, 1.82) is 0 Å². The van der Waals surface area contributed by atoms with Crippen molar-refractivity contribution in [1.82, 2.24) is 4.98 Å². The predicted molar refractivity (Wildman–Crippen MR) is 67.7 cm³/mol. The van der Waals surface area contributed by atoms with Gasteiger partial charge in [0, 0.05) is 17.7 Å². The Bertz CT molecular complexity index is 524. The molecule has 2 aliphatic rings. The van der Waals surface area contributed by atoms with Gasteiger partial charge in [-0.05, 0) is 52.6 Å². The lowest BCUT2D eigenvalue weighted by atomic mass is 9.84. The molecule has 1 heterocycles. The molecule has 0 saturated heterocycles. The molecule has 2 atom stereocenters. The molecule has 1 spiro atoms. The van der Waals surface area contributed by atoms with Crippen LogP contribution in [0.25, 0.3) is 5.57 Å². The fraction of sp³-hybridized carbons (Fsp3) is 0.462. The van der Waals surface area contributed by atoms with E-state index in [2.05, 4.69) is 11.1 Å². The summed E-state index contributed by atoms with van der Waals surface area (Å²) in [6.07, 6.45) is 8.09. The van der Waals surface area contributed by atoms with Gasteiger partial charge in [0.2, 0.25) is 0 Å². The second-order valence-corrected chi connectivity index (χ2v) is 5.27. The Morgan fingerprint density at radius 1 is 1.50 bits per heavy atom. The van der Waals surface area contributed by atoms with E-state index in [4.69, 9.17) is 5.73 Å². The number of aromatic nitrogens is 1. The monoisotopic (exact) mass is 245 g/mol. The Morgan fingerprint density at radius 2 is 2.28 bits per heavy atom. The fourth-order valence-corrected chi connectivity index (χ4v) is 2.76. The summed E-state index contributed by atoms with van der Waals surface area (Å²) < 4.78 is 0. The first-order chi connectivity index (χ1) is 8.61. The average molecular weight is 245 g/mol. The largest absolute Gasteiger partial charge is 0.363 e. The summed E-state index contributed by atoms with van der Waals surface area (Å²) in [5, 5.41) is 10.5. The number of nitrogens with zero attached hydrogens (tertiary/aromatic N) is 2. The molecule has 1 aromatic heterocycles. The highest BCUT2D eigenvalue weighted by Gasteiger charge is 2.51. The van der Waals surface area contributed by atoms with E-state index in [0.717, 1.165) is 31.2 Å². The SMILES string of the molecule is NC1CC12CC=C(c1ccc([N+](=O)[O-])nc1)CC2. The summed E-state index contributed by atoms with van der Waals surface area (Å²) in [5.41, 5.74) is 8.54. The molecule has 0 aliphatic heterocycles. The van der Waals surface area contributed by atoms with E-state index in [0.29, 0.717) is 11.5 Å². The minimum absolute atomic E-state index is 0.101. The van der Waals surface area contributed by atoms with Gasteiger partial charge in [0.05, 0.1) is 0 Å². The topological polar surface area (TPSA) is 82.0 Å². The minimum Gasteiger partial charge on any atom is -0.358 e. The van der Waals surface area contributed by atoms with Crippen molar-refractivity contribution < 1.29 is 4.92 Å². The molecular formula is C13H15N3O2. The summed E-state index contributed by atoms with van der Waals surface area (Å²) in [5.74, 6) is -0.101. The molecule has 18 heavy (non-hydrogen) atoms. The van der Waals surface area contributed by atoms with Crippen LogP contribution in [0, 0.1) is 15.5 Å². The molecule has 0 bridgehead atoms. The molecule has 0 amide bonds. The van der Waals surface area contributed by atoms with Crippen molar-refractivity contribution in [2.75, 3.05) is 0 Å². The first-order valence-corrected chi connectivity index (χ1v) is 6.16.